The molecule has 0 aliphatic carbocycles. The Hall–Kier alpha value is 0.110. The second-order valence-corrected chi connectivity index (χ2v) is 5.65. The molecule has 0 aromatic heterocycles. The van der Waals surface area contributed by atoms with Gasteiger partial charge in [0.2, 0.25) is 0 Å². The Morgan fingerprint density at radius 3 is 1.88 bits per heavy atom. The lowest BCUT2D eigenvalue weighted by molar-refractivity contribution is 0.150. The van der Waals surface area contributed by atoms with E-state index in [1.54, 1.807) is 0 Å². The van der Waals surface area contributed by atoms with E-state index in [4.69, 9.17) is 4.52 Å². The lowest BCUT2D eigenvalue weighted by atomic mass is 10.1. The summed E-state index contributed by atoms with van der Waals surface area (Å²) in [5, 5.41) is 0. The van der Waals surface area contributed by atoms with E-state index >= 15 is 0 Å². The molecule has 5 heteroatoms. The van der Waals surface area contributed by atoms with Gasteiger partial charge in [-0.3, -0.25) is 13.6 Å². The highest BCUT2D eigenvalue weighted by molar-refractivity contribution is 7.48. The summed E-state index contributed by atoms with van der Waals surface area (Å²) in [7, 11) is -0.591. The molecule has 0 heterocycles. The Kier molecular flexibility index (Phi) is 10.3. The minimum absolute atomic E-state index is 0.437. The van der Waals surface area contributed by atoms with Gasteiger partial charge in [-0.15, -0.1) is 0 Å². The molecule has 0 aliphatic rings. The minimum Gasteiger partial charge on any atom is -0.290 e. The van der Waals surface area contributed by atoms with Crippen molar-refractivity contribution in [1.29, 1.82) is 0 Å². The Morgan fingerprint density at radius 2 is 1.38 bits per heavy atom. The zero-order chi connectivity index (χ0) is 12.3. The highest BCUT2D eigenvalue weighted by Crippen LogP contribution is 2.47. The van der Waals surface area contributed by atoms with Crippen molar-refractivity contribution in [2.24, 2.45) is 0 Å². The van der Waals surface area contributed by atoms with E-state index in [1.165, 1.54) is 46.3 Å². The third kappa shape index (κ3) is 8.28. The van der Waals surface area contributed by atoms with Crippen LogP contribution in [-0.2, 0) is 18.1 Å². The van der Waals surface area contributed by atoms with Crippen LogP contribution in [-0.4, -0.2) is 20.8 Å². The average molecular weight is 252 g/mol. The lowest BCUT2D eigenvalue weighted by Gasteiger charge is -2.12. The second kappa shape index (κ2) is 10.3. The predicted octanol–water partition coefficient (Wildman–Crippen LogP) is 4.15. The quantitative estimate of drug-likeness (QED) is 0.409. The van der Waals surface area contributed by atoms with Gasteiger partial charge in [-0.2, -0.15) is 0 Å². The van der Waals surface area contributed by atoms with E-state index in [2.05, 4.69) is 16.0 Å². The molecule has 0 rings (SSSR count). The topological polar surface area (TPSA) is 44.8 Å². The van der Waals surface area contributed by atoms with Crippen molar-refractivity contribution in [3.8, 4) is 0 Å². The highest BCUT2D eigenvalue weighted by Gasteiger charge is 2.21. The highest BCUT2D eigenvalue weighted by atomic mass is 31.2. The van der Waals surface area contributed by atoms with Gasteiger partial charge in [-0.25, -0.2) is 4.57 Å². The first-order valence-electron chi connectivity index (χ1n) is 6.04. The maximum absolute atomic E-state index is 11.5. The first-order chi connectivity index (χ1) is 7.68. The second-order valence-electron chi connectivity index (χ2n) is 3.77. The van der Waals surface area contributed by atoms with Crippen LogP contribution in [0.1, 0.15) is 51.9 Å². The van der Waals surface area contributed by atoms with Gasteiger partial charge >= 0.3 is 7.82 Å². The molecule has 0 spiro atoms. The third-order valence-corrected chi connectivity index (χ3v) is 3.84. The molecule has 98 valence electrons. The predicted molar refractivity (Wildman–Crippen MR) is 65.6 cm³/mol. The van der Waals surface area contributed by atoms with Crippen LogP contribution in [0.5, 0.6) is 0 Å². The van der Waals surface area contributed by atoms with E-state index in [9.17, 15) is 4.57 Å². The molecule has 0 bridgehead atoms. The van der Waals surface area contributed by atoms with Crippen LogP contribution in [0, 0.1) is 0 Å². The van der Waals surface area contributed by atoms with Gasteiger partial charge in [-0.1, -0.05) is 45.4 Å². The van der Waals surface area contributed by atoms with E-state index in [1.807, 2.05) is 0 Å². The van der Waals surface area contributed by atoms with Gasteiger partial charge in [-0.05, 0) is 6.42 Å². The van der Waals surface area contributed by atoms with E-state index < -0.39 is 7.82 Å². The molecule has 0 unspecified atom stereocenters. The van der Waals surface area contributed by atoms with Crippen molar-refractivity contribution in [3.63, 3.8) is 0 Å². The lowest BCUT2D eigenvalue weighted by Crippen LogP contribution is -1.97. The van der Waals surface area contributed by atoms with Crippen LogP contribution >= 0.6 is 7.82 Å². The number of rotatable bonds is 11. The standard InChI is InChI=1S/C11H25O4P/c1-4-5-6-7-8-9-10-11-15-16(12,13-2)14-3/h4-11H2,1-3H3. The molecule has 0 amide bonds. The summed E-state index contributed by atoms with van der Waals surface area (Å²) in [6.07, 6.45) is 8.41. The molecular formula is C11H25O4P. The monoisotopic (exact) mass is 252 g/mol. The van der Waals surface area contributed by atoms with Crippen molar-refractivity contribution < 1.29 is 18.1 Å². The van der Waals surface area contributed by atoms with Crippen molar-refractivity contribution >= 4 is 7.82 Å². The van der Waals surface area contributed by atoms with E-state index in [0.29, 0.717) is 6.61 Å². The maximum Gasteiger partial charge on any atom is 0.474 e. The summed E-state index contributed by atoms with van der Waals surface area (Å²) in [6, 6.07) is 0. The van der Waals surface area contributed by atoms with Crippen LogP contribution in [0.15, 0.2) is 0 Å². The van der Waals surface area contributed by atoms with Gasteiger partial charge < -0.3 is 0 Å². The average Bonchev–Trinajstić information content (AvgIpc) is 2.32. The molecule has 0 saturated heterocycles. The van der Waals surface area contributed by atoms with Gasteiger partial charge in [0.1, 0.15) is 0 Å². The Bertz CT molecular complexity index is 188. The Labute approximate surface area is 99.3 Å². The number of phosphoric acid groups is 1. The summed E-state index contributed by atoms with van der Waals surface area (Å²) < 4.78 is 25.8. The fourth-order valence-electron chi connectivity index (χ4n) is 1.42. The first-order valence-corrected chi connectivity index (χ1v) is 7.50. The molecule has 0 N–H and O–H groups in total. The minimum atomic E-state index is -3.25. The zero-order valence-electron chi connectivity index (χ0n) is 10.7. The molecular weight excluding hydrogens is 227 g/mol. The van der Waals surface area contributed by atoms with Crippen LogP contribution in [0.3, 0.4) is 0 Å². The summed E-state index contributed by atoms with van der Waals surface area (Å²) >= 11 is 0. The van der Waals surface area contributed by atoms with E-state index in [0.717, 1.165) is 12.8 Å². The smallest absolute Gasteiger partial charge is 0.290 e. The first kappa shape index (κ1) is 16.1. The molecule has 0 fully saturated rings. The SMILES string of the molecule is CCCCCCCCCOP(=O)(OC)OC. The molecule has 4 nitrogen and oxygen atoms in total. The summed E-state index contributed by atoms with van der Waals surface area (Å²) in [4.78, 5) is 0. The maximum atomic E-state index is 11.5. The molecule has 0 aliphatic heterocycles. The number of hydrogen-bond donors (Lipinski definition) is 0. The number of unbranched alkanes of at least 4 members (excludes halogenated alkanes) is 6. The molecule has 16 heavy (non-hydrogen) atoms. The number of hydrogen-bond acceptors (Lipinski definition) is 4. The summed E-state index contributed by atoms with van der Waals surface area (Å²) in [5.41, 5.74) is 0. The third-order valence-electron chi connectivity index (χ3n) is 2.44. The molecule has 0 saturated carbocycles. The van der Waals surface area contributed by atoms with Crippen molar-refractivity contribution in [3.05, 3.63) is 0 Å². The van der Waals surface area contributed by atoms with Crippen LogP contribution in [0.2, 0.25) is 0 Å². The van der Waals surface area contributed by atoms with Crippen molar-refractivity contribution in [1.82, 2.24) is 0 Å². The fourth-order valence-corrected chi connectivity index (χ4v) is 2.13. The van der Waals surface area contributed by atoms with Crippen LogP contribution in [0.4, 0.5) is 0 Å². The summed E-state index contributed by atoms with van der Waals surface area (Å²) in [6.45, 7) is 2.65. The Morgan fingerprint density at radius 1 is 0.875 bits per heavy atom. The molecule has 0 aromatic carbocycles. The summed E-state index contributed by atoms with van der Waals surface area (Å²) in [5.74, 6) is 0. The normalized spacial score (nSPS) is 11.9. The van der Waals surface area contributed by atoms with Crippen molar-refractivity contribution in [2.75, 3.05) is 20.8 Å². The molecule has 0 radical (unpaired) electrons. The zero-order valence-corrected chi connectivity index (χ0v) is 11.6. The largest absolute Gasteiger partial charge is 0.474 e. The van der Waals surface area contributed by atoms with E-state index in [-0.39, 0.29) is 0 Å². The fraction of sp³-hybridized carbons (Fsp3) is 1.00. The Balaban J connectivity index is 3.29. The number of phosphoric ester groups is 1. The van der Waals surface area contributed by atoms with Gasteiger partial charge in [0, 0.05) is 14.2 Å². The van der Waals surface area contributed by atoms with Gasteiger partial charge in [0.15, 0.2) is 0 Å². The van der Waals surface area contributed by atoms with Crippen molar-refractivity contribution in [2.45, 2.75) is 51.9 Å². The van der Waals surface area contributed by atoms with Gasteiger partial charge in [0.05, 0.1) is 6.61 Å². The van der Waals surface area contributed by atoms with Crippen LogP contribution in [0.25, 0.3) is 0 Å². The van der Waals surface area contributed by atoms with Gasteiger partial charge in [0.25, 0.3) is 0 Å². The van der Waals surface area contributed by atoms with Crippen LogP contribution < -0.4 is 0 Å². The molecule has 0 aromatic rings. The molecule has 0 atom stereocenters.